The highest BCUT2D eigenvalue weighted by Gasteiger charge is 2.42. The first-order chi connectivity index (χ1) is 17.9. The van der Waals surface area contributed by atoms with Crippen LogP contribution in [-0.4, -0.2) is 61.4 Å². The second-order valence-electron chi connectivity index (χ2n) is 9.94. The summed E-state index contributed by atoms with van der Waals surface area (Å²) in [5, 5.41) is 0. The van der Waals surface area contributed by atoms with E-state index in [0.29, 0.717) is 23.9 Å². The van der Waals surface area contributed by atoms with Crippen LogP contribution in [-0.2, 0) is 6.54 Å². The number of piperazine rings is 1. The molecular formula is C30H33F3N2O2. The Hall–Kier alpha value is -3.03. The molecule has 4 nitrogen and oxygen atoms in total. The number of hydrogen-bond donors (Lipinski definition) is 0. The molecule has 3 aromatic carbocycles. The first kappa shape index (κ1) is 25.6. The normalized spacial score (nSPS) is 20.7. The minimum Gasteiger partial charge on any atom is -0.496 e. The van der Waals surface area contributed by atoms with Gasteiger partial charge in [0, 0.05) is 37.6 Å². The van der Waals surface area contributed by atoms with E-state index in [4.69, 9.17) is 9.47 Å². The third kappa shape index (κ3) is 5.94. The second-order valence-corrected chi connectivity index (χ2v) is 9.94. The summed E-state index contributed by atoms with van der Waals surface area (Å²) in [7, 11) is 1.55. The predicted molar refractivity (Wildman–Crippen MR) is 138 cm³/mol. The molecule has 2 fully saturated rings. The summed E-state index contributed by atoms with van der Waals surface area (Å²) in [5.41, 5.74) is 3.21. The number of ether oxygens (including phenoxy) is 2. The summed E-state index contributed by atoms with van der Waals surface area (Å²) in [6, 6.07) is 26.9. The number of hydrogen-bond acceptors (Lipinski definition) is 4. The lowest BCUT2D eigenvalue weighted by Crippen LogP contribution is -2.57. The number of fused-ring (bicyclic) bond motifs is 1. The number of benzene rings is 3. The lowest BCUT2D eigenvalue weighted by Gasteiger charge is -2.47. The molecule has 2 heterocycles. The lowest BCUT2D eigenvalue weighted by atomic mass is 9.82. The molecule has 0 aliphatic carbocycles. The molecule has 2 saturated heterocycles. The van der Waals surface area contributed by atoms with Gasteiger partial charge in [0.05, 0.1) is 12.7 Å². The van der Waals surface area contributed by atoms with Gasteiger partial charge < -0.3 is 9.47 Å². The molecule has 196 valence electrons. The molecule has 0 unspecified atom stereocenters. The van der Waals surface area contributed by atoms with E-state index in [0.717, 1.165) is 32.5 Å². The van der Waals surface area contributed by atoms with Gasteiger partial charge in [0.25, 0.3) is 0 Å². The molecule has 7 heteroatoms. The number of nitrogens with zero attached hydrogens (tertiary/aromatic N) is 2. The quantitative estimate of drug-likeness (QED) is 0.365. The van der Waals surface area contributed by atoms with Crippen molar-refractivity contribution in [1.29, 1.82) is 0 Å². The maximum absolute atomic E-state index is 13.0. The SMILES string of the molecule is COc1cccc(OCC(F)(F)F)c1CN1C[C@@H]2CCCN2[C@H](C(c2ccccc2)c2ccccc2)C1. The highest BCUT2D eigenvalue weighted by atomic mass is 19.4. The van der Waals surface area contributed by atoms with Gasteiger partial charge in [0.15, 0.2) is 6.61 Å². The molecule has 0 amide bonds. The molecule has 2 atom stereocenters. The minimum absolute atomic E-state index is 0.185. The van der Waals surface area contributed by atoms with Crippen molar-refractivity contribution in [2.75, 3.05) is 33.4 Å². The van der Waals surface area contributed by atoms with E-state index in [2.05, 4.69) is 58.3 Å². The predicted octanol–water partition coefficient (Wildman–Crippen LogP) is 6.12. The summed E-state index contributed by atoms with van der Waals surface area (Å²) >= 11 is 0. The number of methoxy groups -OCH3 is 1. The van der Waals surface area contributed by atoms with Crippen molar-refractivity contribution in [3.8, 4) is 11.5 Å². The molecule has 3 aromatic rings. The van der Waals surface area contributed by atoms with Crippen LogP contribution in [0.1, 0.15) is 35.4 Å². The number of alkyl halides is 3. The molecule has 0 bridgehead atoms. The minimum atomic E-state index is -4.40. The molecule has 2 aliphatic heterocycles. The Labute approximate surface area is 216 Å². The third-order valence-electron chi connectivity index (χ3n) is 7.55. The van der Waals surface area contributed by atoms with Gasteiger partial charge in [-0.2, -0.15) is 13.2 Å². The summed E-state index contributed by atoms with van der Waals surface area (Å²) in [6.07, 6.45) is -2.13. The van der Waals surface area contributed by atoms with Gasteiger partial charge in [-0.3, -0.25) is 9.80 Å². The van der Waals surface area contributed by atoms with Crippen molar-refractivity contribution in [2.24, 2.45) is 0 Å². The van der Waals surface area contributed by atoms with E-state index in [1.165, 1.54) is 11.1 Å². The molecular weight excluding hydrogens is 477 g/mol. The smallest absolute Gasteiger partial charge is 0.422 e. The fraction of sp³-hybridized carbons (Fsp3) is 0.400. The standard InChI is InChI=1S/C30H33F3N2O2/c1-36-27-15-8-16-28(37-21-30(31,32)33)25(27)19-34-18-24-14-9-17-35(24)26(20-34)29(22-10-4-2-5-11-22)23-12-6-3-7-13-23/h2-8,10-13,15-16,24,26,29H,9,14,17-21H2,1H3/t24-,26-/m0/s1. The Morgan fingerprint density at radius 3 is 2.14 bits per heavy atom. The van der Waals surface area contributed by atoms with E-state index >= 15 is 0 Å². The second kappa shape index (κ2) is 11.2. The zero-order chi connectivity index (χ0) is 25.8. The maximum atomic E-state index is 13.0. The van der Waals surface area contributed by atoms with Crippen molar-refractivity contribution < 1.29 is 22.6 Å². The van der Waals surface area contributed by atoms with Gasteiger partial charge in [-0.15, -0.1) is 0 Å². The Bertz CT molecular complexity index is 1120. The van der Waals surface area contributed by atoms with Gasteiger partial charge in [0.1, 0.15) is 11.5 Å². The molecule has 5 rings (SSSR count). The molecule has 0 spiro atoms. The van der Waals surface area contributed by atoms with Crippen LogP contribution < -0.4 is 9.47 Å². The summed E-state index contributed by atoms with van der Waals surface area (Å²) < 4.78 is 49.7. The van der Waals surface area contributed by atoms with E-state index < -0.39 is 12.8 Å². The zero-order valence-corrected chi connectivity index (χ0v) is 21.0. The maximum Gasteiger partial charge on any atom is 0.422 e. The first-order valence-electron chi connectivity index (χ1n) is 12.9. The Balaban J connectivity index is 1.47. The van der Waals surface area contributed by atoms with Gasteiger partial charge >= 0.3 is 6.18 Å². The van der Waals surface area contributed by atoms with Crippen LogP contribution in [0, 0.1) is 0 Å². The van der Waals surface area contributed by atoms with Crippen LogP contribution in [0.3, 0.4) is 0 Å². The molecule has 0 N–H and O–H groups in total. The Morgan fingerprint density at radius 1 is 0.865 bits per heavy atom. The molecule has 2 aliphatic rings. The number of halogens is 3. The largest absolute Gasteiger partial charge is 0.496 e. The van der Waals surface area contributed by atoms with E-state index in [1.807, 2.05) is 12.1 Å². The van der Waals surface area contributed by atoms with Crippen molar-refractivity contribution in [2.45, 2.75) is 43.6 Å². The fourth-order valence-electron chi connectivity index (χ4n) is 6.03. The van der Waals surface area contributed by atoms with Crippen molar-refractivity contribution >= 4 is 0 Å². The van der Waals surface area contributed by atoms with Crippen molar-refractivity contribution in [3.63, 3.8) is 0 Å². The molecule has 37 heavy (non-hydrogen) atoms. The van der Waals surface area contributed by atoms with E-state index in [1.54, 1.807) is 25.3 Å². The summed E-state index contributed by atoms with van der Waals surface area (Å²) in [4.78, 5) is 5.03. The molecule has 0 radical (unpaired) electrons. The Morgan fingerprint density at radius 2 is 1.51 bits per heavy atom. The van der Waals surface area contributed by atoms with Crippen molar-refractivity contribution in [3.05, 3.63) is 95.6 Å². The molecule has 0 saturated carbocycles. The van der Waals surface area contributed by atoms with Gasteiger partial charge in [-0.25, -0.2) is 0 Å². The molecule has 0 aromatic heterocycles. The average Bonchev–Trinajstić information content (AvgIpc) is 3.38. The van der Waals surface area contributed by atoms with Gasteiger partial charge in [0.2, 0.25) is 0 Å². The highest BCUT2D eigenvalue weighted by Crippen LogP contribution is 2.39. The van der Waals surface area contributed by atoms with E-state index in [9.17, 15) is 13.2 Å². The lowest BCUT2D eigenvalue weighted by molar-refractivity contribution is -0.153. The zero-order valence-electron chi connectivity index (χ0n) is 21.0. The van der Waals surface area contributed by atoms with Crippen LogP contribution in [0.2, 0.25) is 0 Å². The average molecular weight is 511 g/mol. The summed E-state index contributed by atoms with van der Waals surface area (Å²) in [5.74, 6) is 0.960. The highest BCUT2D eigenvalue weighted by molar-refractivity contribution is 5.45. The monoisotopic (exact) mass is 510 g/mol. The van der Waals surface area contributed by atoms with Crippen LogP contribution >= 0.6 is 0 Å². The van der Waals surface area contributed by atoms with Gasteiger partial charge in [-0.1, -0.05) is 66.7 Å². The van der Waals surface area contributed by atoms with Crippen LogP contribution in [0.15, 0.2) is 78.9 Å². The Kier molecular flexibility index (Phi) is 7.72. The first-order valence-corrected chi connectivity index (χ1v) is 12.9. The van der Waals surface area contributed by atoms with E-state index in [-0.39, 0.29) is 17.7 Å². The van der Waals surface area contributed by atoms with Crippen LogP contribution in [0.5, 0.6) is 11.5 Å². The van der Waals surface area contributed by atoms with Gasteiger partial charge in [-0.05, 0) is 42.6 Å². The van der Waals surface area contributed by atoms with Crippen molar-refractivity contribution in [1.82, 2.24) is 9.80 Å². The topological polar surface area (TPSA) is 24.9 Å². The van der Waals surface area contributed by atoms with Crippen LogP contribution in [0.4, 0.5) is 13.2 Å². The third-order valence-corrected chi connectivity index (χ3v) is 7.55. The fourth-order valence-corrected chi connectivity index (χ4v) is 6.03. The van der Waals surface area contributed by atoms with Crippen LogP contribution in [0.25, 0.3) is 0 Å². The number of rotatable bonds is 8. The summed E-state index contributed by atoms with van der Waals surface area (Å²) in [6.45, 7) is 1.86.